The van der Waals surface area contributed by atoms with Gasteiger partial charge in [-0.15, -0.1) is 0 Å². The molecule has 4 rings (SSSR count). The maximum atomic E-state index is 12.7. The van der Waals surface area contributed by atoms with Crippen molar-refractivity contribution in [2.45, 2.75) is 19.4 Å². The Balaban J connectivity index is 1.62. The number of hydrogen-bond donors (Lipinski definition) is 1. The van der Waals surface area contributed by atoms with E-state index in [-0.39, 0.29) is 24.0 Å². The van der Waals surface area contributed by atoms with Crippen LogP contribution in [-0.4, -0.2) is 39.4 Å². The van der Waals surface area contributed by atoms with Gasteiger partial charge in [0, 0.05) is 18.5 Å². The van der Waals surface area contributed by atoms with Crippen molar-refractivity contribution < 1.29 is 14.0 Å². The Kier molecular flexibility index (Phi) is 3.95. The number of carbonyl (C=O) groups is 2. The first-order chi connectivity index (χ1) is 12.5. The van der Waals surface area contributed by atoms with Gasteiger partial charge in [0.1, 0.15) is 17.6 Å². The molecular formula is C18H18N4O4. The Labute approximate surface area is 148 Å². The molecule has 1 fully saturated rings. The van der Waals surface area contributed by atoms with Gasteiger partial charge in [-0.25, -0.2) is 4.98 Å². The number of nitrogens with two attached hydrogens (primary N) is 1. The summed E-state index contributed by atoms with van der Waals surface area (Å²) >= 11 is 0. The number of likely N-dealkylation sites (tertiary alicyclic amines) is 1. The third-order valence-corrected chi connectivity index (χ3v) is 4.83. The second kappa shape index (κ2) is 6.29. The summed E-state index contributed by atoms with van der Waals surface area (Å²) < 4.78 is 6.85. The Bertz CT molecular complexity index is 1070. The van der Waals surface area contributed by atoms with Gasteiger partial charge in [0.25, 0.3) is 5.56 Å². The molecule has 0 radical (unpaired) electrons. The number of amides is 2. The van der Waals surface area contributed by atoms with Crippen LogP contribution in [0.15, 0.2) is 39.8 Å². The van der Waals surface area contributed by atoms with E-state index < -0.39 is 11.5 Å². The van der Waals surface area contributed by atoms with Gasteiger partial charge in [0.05, 0.1) is 12.2 Å². The van der Waals surface area contributed by atoms with Gasteiger partial charge < -0.3 is 15.1 Å². The van der Waals surface area contributed by atoms with Crippen LogP contribution in [0.4, 0.5) is 0 Å². The van der Waals surface area contributed by atoms with E-state index in [0.29, 0.717) is 30.6 Å². The van der Waals surface area contributed by atoms with Crippen molar-refractivity contribution in [2.75, 3.05) is 13.1 Å². The van der Waals surface area contributed by atoms with E-state index in [1.54, 1.807) is 11.0 Å². The average molecular weight is 354 g/mol. The number of aromatic nitrogens is 2. The quantitative estimate of drug-likeness (QED) is 0.750. The molecule has 8 nitrogen and oxygen atoms in total. The van der Waals surface area contributed by atoms with Gasteiger partial charge >= 0.3 is 0 Å². The van der Waals surface area contributed by atoms with E-state index in [1.807, 2.05) is 18.2 Å². The Morgan fingerprint density at radius 1 is 1.31 bits per heavy atom. The molecule has 1 aliphatic rings. The zero-order chi connectivity index (χ0) is 18.3. The summed E-state index contributed by atoms with van der Waals surface area (Å²) in [5.74, 6) is -0.972. The smallest absolute Gasteiger partial charge is 0.297 e. The number of para-hydroxylation sites is 1. The number of piperidine rings is 1. The summed E-state index contributed by atoms with van der Waals surface area (Å²) in [6, 6.07) is 7.27. The highest BCUT2D eigenvalue weighted by Gasteiger charge is 2.27. The Morgan fingerprint density at radius 3 is 2.92 bits per heavy atom. The molecule has 1 aromatic carbocycles. The SMILES string of the molecule is NC(=O)C1CCCN(C(=O)Cn2cnc3c(oc4ccccc43)c2=O)C1. The predicted molar refractivity (Wildman–Crippen MR) is 94.3 cm³/mol. The van der Waals surface area contributed by atoms with Gasteiger partial charge in [-0.1, -0.05) is 12.1 Å². The normalized spacial score (nSPS) is 17.7. The van der Waals surface area contributed by atoms with Crippen LogP contribution in [0, 0.1) is 5.92 Å². The summed E-state index contributed by atoms with van der Waals surface area (Å²) in [5.41, 5.74) is 6.15. The number of hydrogen-bond acceptors (Lipinski definition) is 5. The fourth-order valence-corrected chi connectivity index (χ4v) is 3.41. The molecule has 1 aliphatic heterocycles. The number of fused-ring (bicyclic) bond motifs is 3. The predicted octanol–water partition coefficient (Wildman–Crippen LogP) is 0.867. The molecule has 1 atom stereocenters. The largest absolute Gasteiger partial charge is 0.448 e. The van der Waals surface area contributed by atoms with E-state index in [4.69, 9.17) is 10.2 Å². The second-order valence-corrected chi connectivity index (χ2v) is 6.53. The maximum Gasteiger partial charge on any atom is 0.297 e. The first-order valence-corrected chi connectivity index (χ1v) is 8.48. The minimum atomic E-state index is -0.400. The van der Waals surface area contributed by atoms with Crippen LogP contribution in [0.1, 0.15) is 12.8 Å². The fourth-order valence-electron chi connectivity index (χ4n) is 3.41. The van der Waals surface area contributed by atoms with Crippen LogP contribution < -0.4 is 11.3 Å². The van der Waals surface area contributed by atoms with Gasteiger partial charge in [0.2, 0.25) is 17.4 Å². The van der Waals surface area contributed by atoms with E-state index >= 15 is 0 Å². The minimum absolute atomic E-state index is 0.134. The van der Waals surface area contributed by atoms with Crippen molar-refractivity contribution in [2.24, 2.45) is 11.7 Å². The van der Waals surface area contributed by atoms with Crippen LogP contribution >= 0.6 is 0 Å². The maximum absolute atomic E-state index is 12.7. The number of rotatable bonds is 3. The van der Waals surface area contributed by atoms with Crippen LogP contribution in [0.2, 0.25) is 0 Å². The second-order valence-electron chi connectivity index (χ2n) is 6.53. The standard InChI is InChI=1S/C18H18N4O4/c19-17(24)11-4-3-7-21(8-11)14(23)9-22-10-20-15-12-5-1-2-6-13(12)26-16(15)18(22)25/h1-2,5-6,10-11H,3-4,7-9H2,(H2,19,24). The molecule has 0 bridgehead atoms. The summed E-state index contributed by atoms with van der Waals surface area (Å²) in [4.78, 5) is 42.5. The summed E-state index contributed by atoms with van der Waals surface area (Å²) in [5, 5.41) is 0.762. The number of benzene rings is 1. The summed E-state index contributed by atoms with van der Waals surface area (Å²) in [6.45, 7) is 0.700. The third kappa shape index (κ3) is 2.73. The highest BCUT2D eigenvalue weighted by Crippen LogP contribution is 2.24. The number of nitrogens with zero attached hydrogens (tertiary/aromatic N) is 3. The lowest BCUT2D eigenvalue weighted by molar-refractivity contribution is -0.135. The molecular weight excluding hydrogens is 336 g/mol. The van der Waals surface area contributed by atoms with Crippen LogP contribution in [-0.2, 0) is 16.1 Å². The molecule has 1 unspecified atom stereocenters. The molecule has 1 saturated heterocycles. The van der Waals surface area contributed by atoms with Crippen molar-refractivity contribution >= 4 is 33.9 Å². The molecule has 26 heavy (non-hydrogen) atoms. The molecule has 0 aliphatic carbocycles. The highest BCUT2D eigenvalue weighted by molar-refractivity contribution is 6.01. The van der Waals surface area contributed by atoms with Crippen molar-refractivity contribution in [1.29, 1.82) is 0 Å². The molecule has 8 heteroatoms. The first kappa shape index (κ1) is 16.3. The van der Waals surface area contributed by atoms with Crippen molar-refractivity contribution in [3.05, 3.63) is 40.9 Å². The minimum Gasteiger partial charge on any atom is -0.448 e. The van der Waals surface area contributed by atoms with E-state index in [2.05, 4.69) is 4.98 Å². The van der Waals surface area contributed by atoms with Crippen LogP contribution in [0.25, 0.3) is 22.1 Å². The van der Waals surface area contributed by atoms with Crippen LogP contribution in [0.3, 0.4) is 0 Å². The fraction of sp³-hybridized carbons (Fsp3) is 0.333. The van der Waals surface area contributed by atoms with Crippen LogP contribution in [0.5, 0.6) is 0 Å². The molecule has 2 aromatic heterocycles. The Morgan fingerprint density at radius 2 is 2.12 bits per heavy atom. The van der Waals surface area contributed by atoms with Gasteiger partial charge in [-0.2, -0.15) is 0 Å². The highest BCUT2D eigenvalue weighted by atomic mass is 16.3. The molecule has 3 aromatic rings. The topological polar surface area (TPSA) is 111 Å². The molecule has 0 spiro atoms. The van der Waals surface area contributed by atoms with Gasteiger partial charge in [-0.3, -0.25) is 19.0 Å². The lowest BCUT2D eigenvalue weighted by Crippen LogP contribution is -2.45. The zero-order valence-corrected chi connectivity index (χ0v) is 14.1. The molecule has 2 amide bonds. The van der Waals surface area contributed by atoms with E-state index in [0.717, 1.165) is 11.8 Å². The first-order valence-electron chi connectivity index (χ1n) is 8.48. The molecule has 134 valence electrons. The third-order valence-electron chi connectivity index (χ3n) is 4.83. The monoisotopic (exact) mass is 354 g/mol. The lowest BCUT2D eigenvalue weighted by Gasteiger charge is -2.31. The van der Waals surface area contributed by atoms with Crippen molar-refractivity contribution in [3.63, 3.8) is 0 Å². The van der Waals surface area contributed by atoms with Crippen molar-refractivity contribution in [1.82, 2.24) is 14.5 Å². The molecule has 3 heterocycles. The van der Waals surface area contributed by atoms with Gasteiger partial charge in [-0.05, 0) is 25.0 Å². The molecule has 2 N–H and O–H groups in total. The summed E-state index contributed by atoms with van der Waals surface area (Å²) in [6.07, 6.45) is 2.76. The van der Waals surface area contributed by atoms with Crippen molar-refractivity contribution in [3.8, 4) is 0 Å². The van der Waals surface area contributed by atoms with E-state index in [9.17, 15) is 14.4 Å². The van der Waals surface area contributed by atoms with Gasteiger partial charge in [0.15, 0.2) is 0 Å². The number of primary amides is 1. The summed E-state index contributed by atoms with van der Waals surface area (Å²) in [7, 11) is 0. The lowest BCUT2D eigenvalue weighted by atomic mass is 9.97. The number of furan rings is 1. The molecule has 0 saturated carbocycles. The zero-order valence-electron chi connectivity index (χ0n) is 14.1. The number of carbonyl (C=O) groups excluding carboxylic acids is 2. The van der Waals surface area contributed by atoms with E-state index in [1.165, 1.54) is 10.9 Å². The average Bonchev–Trinajstić information content (AvgIpc) is 3.03. The Hall–Kier alpha value is -3.16.